The number of amidine groups is 1. The molecule has 1 fully saturated rings. The summed E-state index contributed by atoms with van der Waals surface area (Å²) < 4.78 is 41.7. The smallest absolute Gasteiger partial charge is 0.406 e. The predicted molar refractivity (Wildman–Crippen MR) is 155 cm³/mol. The van der Waals surface area contributed by atoms with E-state index in [1.807, 2.05) is 32.0 Å². The van der Waals surface area contributed by atoms with Gasteiger partial charge in [0, 0.05) is 11.3 Å². The van der Waals surface area contributed by atoms with Crippen LogP contribution in [0.25, 0.3) is 17.1 Å². The Labute approximate surface area is 243 Å². The molecule has 13 heteroatoms. The molecule has 2 heterocycles. The number of nitrogens with zero attached hydrogens (tertiary/aromatic N) is 5. The van der Waals surface area contributed by atoms with Gasteiger partial charge in [-0.1, -0.05) is 30.0 Å². The normalized spacial score (nSPS) is 15.7. The van der Waals surface area contributed by atoms with Crippen LogP contribution in [0.5, 0.6) is 5.75 Å². The van der Waals surface area contributed by atoms with Crippen LogP contribution in [0, 0.1) is 13.8 Å². The van der Waals surface area contributed by atoms with Crippen molar-refractivity contribution in [2.75, 3.05) is 10.2 Å². The first-order valence-electron chi connectivity index (χ1n) is 12.7. The average Bonchev–Trinajstić information content (AvgIpc) is 3.48. The van der Waals surface area contributed by atoms with E-state index >= 15 is 0 Å². The van der Waals surface area contributed by atoms with Crippen molar-refractivity contribution in [2.45, 2.75) is 38.8 Å². The minimum absolute atomic E-state index is 0.154. The SMILES string of the molecule is Cc1cccc(C)c1N1C(=O)C(C)(C)S/C1=N\C(=O)Nc1ccc(-c2ncn(-c3ccc(OC(F)(F)F)cc3)n2)cc1. The highest BCUT2D eigenvalue weighted by atomic mass is 32.2. The summed E-state index contributed by atoms with van der Waals surface area (Å²) in [6.07, 6.45) is -3.34. The number of carbonyl (C=O) groups excluding carboxylic acids is 2. The summed E-state index contributed by atoms with van der Waals surface area (Å²) in [6, 6.07) is 17.1. The van der Waals surface area contributed by atoms with Gasteiger partial charge in [0.25, 0.3) is 0 Å². The Morgan fingerprint density at radius 3 is 2.26 bits per heavy atom. The molecule has 3 amide bonds. The Bertz CT molecular complexity index is 1660. The number of thioether (sulfide) groups is 1. The fourth-order valence-electron chi connectivity index (χ4n) is 4.36. The van der Waals surface area contributed by atoms with Crippen molar-refractivity contribution in [3.05, 3.63) is 84.2 Å². The standard InChI is InChI=1S/C29H25F3N6O3S/c1-17-6-5-7-18(2)23(17)38-25(39)28(3,4)42-27(38)35-26(40)34-20-10-8-19(9-11-20)24-33-16-37(36-24)21-12-14-22(15-13-21)41-29(30,31)32/h5-16H,1-4H3,(H,34,40)/b35-27-. The number of carbonyl (C=O) groups is 2. The zero-order valence-corrected chi connectivity index (χ0v) is 23.7. The molecule has 3 aromatic carbocycles. The molecular formula is C29H25F3N6O3S. The van der Waals surface area contributed by atoms with Crippen molar-refractivity contribution in [3.63, 3.8) is 0 Å². The Morgan fingerprint density at radius 2 is 1.64 bits per heavy atom. The van der Waals surface area contributed by atoms with Crippen molar-refractivity contribution in [3.8, 4) is 22.8 Å². The highest BCUT2D eigenvalue weighted by Crippen LogP contribution is 2.41. The number of ether oxygens (including phenoxy) is 1. The number of nitrogens with one attached hydrogen (secondary N) is 1. The van der Waals surface area contributed by atoms with Crippen molar-refractivity contribution >= 4 is 40.2 Å². The van der Waals surface area contributed by atoms with Crippen molar-refractivity contribution in [2.24, 2.45) is 4.99 Å². The highest BCUT2D eigenvalue weighted by Gasteiger charge is 2.46. The summed E-state index contributed by atoms with van der Waals surface area (Å²) in [6.45, 7) is 7.41. The molecule has 0 unspecified atom stereocenters. The molecule has 0 spiro atoms. The number of para-hydroxylation sites is 1. The number of aromatic nitrogens is 3. The first-order chi connectivity index (χ1) is 19.8. The van der Waals surface area contributed by atoms with Gasteiger partial charge in [-0.3, -0.25) is 9.69 Å². The second kappa shape index (κ2) is 11.0. The van der Waals surface area contributed by atoms with Crippen LogP contribution in [-0.4, -0.2) is 43.0 Å². The Morgan fingerprint density at radius 1 is 1.00 bits per heavy atom. The summed E-state index contributed by atoms with van der Waals surface area (Å²) in [5.74, 6) is -0.122. The highest BCUT2D eigenvalue weighted by molar-refractivity contribution is 8.16. The number of benzene rings is 3. The van der Waals surface area contributed by atoms with Gasteiger partial charge in [-0.2, -0.15) is 4.99 Å². The van der Waals surface area contributed by atoms with Crippen molar-refractivity contribution in [1.29, 1.82) is 0 Å². The predicted octanol–water partition coefficient (Wildman–Crippen LogP) is 6.90. The second-order valence-corrected chi connectivity index (χ2v) is 11.5. The van der Waals surface area contributed by atoms with E-state index in [0.29, 0.717) is 33.6 Å². The first-order valence-corrected chi connectivity index (χ1v) is 13.5. The third kappa shape index (κ3) is 6.15. The van der Waals surface area contributed by atoms with Crippen LogP contribution in [0.1, 0.15) is 25.0 Å². The first kappa shape index (κ1) is 28.9. The number of rotatable bonds is 5. The average molecular weight is 595 g/mol. The molecule has 1 aliphatic rings. The molecule has 1 aromatic heterocycles. The third-order valence-corrected chi connectivity index (χ3v) is 7.48. The zero-order valence-electron chi connectivity index (χ0n) is 22.9. The van der Waals surface area contributed by atoms with Gasteiger partial charge < -0.3 is 10.1 Å². The van der Waals surface area contributed by atoms with Gasteiger partial charge in [0.1, 0.15) is 12.1 Å². The maximum atomic E-state index is 13.2. The third-order valence-electron chi connectivity index (χ3n) is 6.34. The Balaban J connectivity index is 1.29. The monoisotopic (exact) mass is 594 g/mol. The molecular weight excluding hydrogens is 569 g/mol. The van der Waals surface area contributed by atoms with E-state index in [1.165, 1.54) is 51.9 Å². The molecule has 1 saturated heterocycles. The number of alkyl halides is 3. The van der Waals surface area contributed by atoms with Gasteiger partial charge in [0.05, 0.1) is 16.1 Å². The zero-order chi connectivity index (χ0) is 30.2. The molecule has 216 valence electrons. The van der Waals surface area contributed by atoms with Crippen LogP contribution in [0.4, 0.5) is 29.3 Å². The summed E-state index contributed by atoms with van der Waals surface area (Å²) in [5.41, 5.74) is 4.12. The number of aryl methyl sites for hydroxylation is 2. The molecule has 0 radical (unpaired) electrons. The molecule has 0 atom stereocenters. The fraction of sp³-hybridized carbons (Fsp3) is 0.207. The summed E-state index contributed by atoms with van der Waals surface area (Å²) in [4.78, 5) is 36.2. The lowest BCUT2D eigenvalue weighted by Gasteiger charge is -2.22. The van der Waals surface area contributed by atoms with Crippen LogP contribution in [0.15, 0.2) is 78.0 Å². The lowest BCUT2D eigenvalue weighted by Crippen LogP contribution is -2.37. The number of anilines is 2. The number of halogens is 3. The number of amides is 3. The molecule has 9 nitrogen and oxygen atoms in total. The van der Waals surface area contributed by atoms with Crippen LogP contribution < -0.4 is 15.0 Å². The quantitative estimate of drug-likeness (QED) is 0.270. The summed E-state index contributed by atoms with van der Waals surface area (Å²) in [7, 11) is 0. The van der Waals surface area contributed by atoms with Gasteiger partial charge in [-0.25, -0.2) is 14.5 Å². The lowest BCUT2D eigenvalue weighted by molar-refractivity contribution is -0.274. The van der Waals surface area contributed by atoms with E-state index in [4.69, 9.17) is 0 Å². The van der Waals surface area contributed by atoms with E-state index in [1.54, 1.807) is 38.1 Å². The van der Waals surface area contributed by atoms with Crippen molar-refractivity contribution < 1.29 is 27.5 Å². The molecule has 0 aliphatic carbocycles. The number of aliphatic imine (C=N–C) groups is 1. The largest absolute Gasteiger partial charge is 0.573 e. The van der Waals surface area contributed by atoms with Crippen LogP contribution in [0.2, 0.25) is 0 Å². The number of urea groups is 1. The second-order valence-electron chi connectivity index (χ2n) is 9.95. The van der Waals surface area contributed by atoms with Gasteiger partial charge >= 0.3 is 12.4 Å². The van der Waals surface area contributed by atoms with Crippen LogP contribution in [-0.2, 0) is 4.79 Å². The van der Waals surface area contributed by atoms with Crippen molar-refractivity contribution in [1.82, 2.24) is 14.8 Å². The van der Waals surface area contributed by atoms with Gasteiger partial charge in [-0.15, -0.1) is 18.3 Å². The van der Waals surface area contributed by atoms with E-state index < -0.39 is 17.1 Å². The van der Waals surface area contributed by atoms with E-state index in [2.05, 4.69) is 25.1 Å². The lowest BCUT2D eigenvalue weighted by atomic mass is 10.1. The summed E-state index contributed by atoms with van der Waals surface area (Å²) in [5, 5.41) is 7.40. The fourth-order valence-corrected chi connectivity index (χ4v) is 5.39. The minimum Gasteiger partial charge on any atom is -0.406 e. The van der Waals surface area contributed by atoms with Gasteiger partial charge in [0.15, 0.2) is 11.0 Å². The van der Waals surface area contributed by atoms with Crippen LogP contribution >= 0.6 is 11.8 Å². The van der Waals surface area contributed by atoms with Gasteiger partial charge in [0.2, 0.25) is 5.91 Å². The van der Waals surface area contributed by atoms with E-state index in [9.17, 15) is 22.8 Å². The molecule has 0 saturated carbocycles. The number of hydrogen-bond donors (Lipinski definition) is 1. The summed E-state index contributed by atoms with van der Waals surface area (Å²) >= 11 is 1.23. The number of hydrogen-bond acceptors (Lipinski definition) is 6. The molecule has 42 heavy (non-hydrogen) atoms. The maximum Gasteiger partial charge on any atom is 0.573 e. The Kier molecular flexibility index (Phi) is 7.54. The van der Waals surface area contributed by atoms with E-state index in [-0.39, 0.29) is 11.7 Å². The van der Waals surface area contributed by atoms with Gasteiger partial charge in [-0.05, 0) is 87.4 Å². The molecule has 1 aliphatic heterocycles. The van der Waals surface area contributed by atoms with E-state index in [0.717, 1.165) is 11.1 Å². The molecule has 1 N–H and O–H groups in total. The molecule has 5 rings (SSSR count). The Hall–Kier alpha value is -4.65. The molecule has 0 bridgehead atoms. The van der Waals surface area contributed by atoms with Crippen LogP contribution in [0.3, 0.4) is 0 Å². The maximum absolute atomic E-state index is 13.2. The topological polar surface area (TPSA) is 102 Å². The molecule has 4 aromatic rings. The minimum atomic E-state index is -4.77.